The molecule has 4 rings (SSSR count). The number of aromatic nitrogens is 1. The number of anilines is 1. The molecule has 0 spiro atoms. The average Bonchev–Trinajstić information content (AvgIpc) is 3.09. The highest BCUT2D eigenvalue weighted by Gasteiger charge is 2.38. The molecular formula is C22H19N3O4. The molecule has 7 nitrogen and oxygen atoms in total. The molecule has 3 aromatic rings. The summed E-state index contributed by atoms with van der Waals surface area (Å²) >= 11 is 0. The highest BCUT2D eigenvalue weighted by atomic mass is 16.5. The van der Waals surface area contributed by atoms with E-state index in [2.05, 4.69) is 5.32 Å². The van der Waals surface area contributed by atoms with Crippen molar-refractivity contribution < 1.29 is 19.1 Å². The van der Waals surface area contributed by atoms with Gasteiger partial charge < -0.3 is 9.30 Å². The summed E-state index contributed by atoms with van der Waals surface area (Å²) in [5.74, 6) is -1.07. The minimum atomic E-state index is -0.808. The summed E-state index contributed by atoms with van der Waals surface area (Å²) in [6.45, 7) is 2.76. The zero-order chi connectivity index (χ0) is 20.5. The SMILES string of the molecule is CCn1cc(/C=C2/C(=O)NC(=O)N(c3ccccc3OC)C2=O)c2ccccc21. The number of carbonyl (C=O) groups excluding carboxylic acids is 3. The van der Waals surface area contributed by atoms with E-state index in [0.29, 0.717) is 5.75 Å². The largest absolute Gasteiger partial charge is 0.495 e. The van der Waals surface area contributed by atoms with Crippen LogP contribution in [0, 0.1) is 0 Å². The van der Waals surface area contributed by atoms with Crippen LogP contribution in [-0.4, -0.2) is 29.5 Å². The van der Waals surface area contributed by atoms with Crippen LogP contribution < -0.4 is 15.0 Å². The highest BCUT2D eigenvalue weighted by molar-refractivity contribution is 6.39. The van der Waals surface area contributed by atoms with E-state index >= 15 is 0 Å². The Hall–Kier alpha value is -3.87. The van der Waals surface area contributed by atoms with Crippen LogP contribution >= 0.6 is 0 Å². The van der Waals surface area contributed by atoms with Gasteiger partial charge >= 0.3 is 6.03 Å². The lowest BCUT2D eigenvalue weighted by atomic mass is 10.1. The molecule has 1 saturated heterocycles. The van der Waals surface area contributed by atoms with Gasteiger partial charge in [-0.2, -0.15) is 0 Å². The van der Waals surface area contributed by atoms with Crippen molar-refractivity contribution in [1.29, 1.82) is 0 Å². The van der Waals surface area contributed by atoms with Crippen LogP contribution in [0.4, 0.5) is 10.5 Å². The van der Waals surface area contributed by atoms with Crippen LogP contribution in [0.25, 0.3) is 17.0 Å². The van der Waals surface area contributed by atoms with E-state index in [9.17, 15) is 14.4 Å². The number of hydrogen-bond donors (Lipinski definition) is 1. The maximum Gasteiger partial charge on any atom is 0.336 e. The molecule has 1 aliphatic rings. The number of para-hydroxylation sites is 3. The smallest absolute Gasteiger partial charge is 0.336 e. The maximum atomic E-state index is 13.1. The van der Waals surface area contributed by atoms with Crippen molar-refractivity contribution in [3.63, 3.8) is 0 Å². The third-order valence-corrected chi connectivity index (χ3v) is 4.89. The fourth-order valence-electron chi connectivity index (χ4n) is 3.50. The standard InChI is InChI=1S/C22H19N3O4/c1-3-24-13-14(15-8-4-5-9-17(15)24)12-16-20(26)23-22(28)25(21(16)27)18-10-6-7-11-19(18)29-2/h4-13H,3H2,1-2H3,(H,23,26,28)/b16-12-. The molecule has 2 aromatic carbocycles. The molecule has 7 heteroatoms. The molecule has 0 atom stereocenters. The minimum Gasteiger partial charge on any atom is -0.495 e. The maximum absolute atomic E-state index is 13.1. The number of benzene rings is 2. The molecule has 1 fully saturated rings. The summed E-state index contributed by atoms with van der Waals surface area (Å²) in [5, 5.41) is 3.16. The number of methoxy groups -OCH3 is 1. The van der Waals surface area contributed by atoms with Crippen LogP contribution in [0.1, 0.15) is 12.5 Å². The Kier molecular flexibility index (Phi) is 4.64. The van der Waals surface area contributed by atoms with Crippen molar-refractivity contribution in [2.45, 2.75) is 13.5 Å². The first kappa shape index (κ1) is 18.5. The number of nitrogens with one attached hydrogen (secondary N) is 1. The fourth-order valence-corrected chi connectivity index (χ4v) is 3.50. The Labute approximate surface area is 167 Å². The molecule has 146 valence electrons. The molecule has 0 unspecified atom stereocenters. The Bertz CT molecular complexity index is 1180. The topological polar surface area (TPSA) is 80.6 Å². The molecular weight excluding hydrogens is 370 g/mol. The Morgan fingerprint density at radius 3 is 2.52 bits per heavy atom. The van der Waals surface area contributed by atoms with Crippen molar-refractivity contribution in [2.24, 2.45) is 0 Å². The van der Waals surface area contributed by atoms with Crippen molar-refractivity contribution in [3.8, 4) is 5.75 Å². The molecule has 1 N–H and O–H groups in total. The summed E-state index contributed by atoms with van der Waals surface area (Å²) < 4.78 is 7.31. The van der Waals surface area contributed by atoms with Crippen molar-refractivity contribution >= 4 is 40.5 Å². The second-order valence-corrected chi connectivity index (χ2v) is 6.52. The van der Waals surface area contributed by atoms with Gasteiger partial charge in [0, 0.05) is 29.2 Å². The zero-order valence-electron chi connectivity index (χ0n) is 16.0. The van der Waals surface area contributed by atoms with Gasteiger partial charge in [-0.1, -0.05) is 30.3 Å². The number of hydrogen-bond acceptors (Lipinski definition) is 4. The molecule has 1 aromatic heterocycles. The van der Waals surface area contributed by atoms with Crippen LogP contribution in [0.15, 0.2) is 60.3 Å². The van der Waals surface area contributed by atoms with Crippen molar-refractivity contribution in [2.75, 3.05) is 12.0 Å². The Balaban J connectivity index is 1.83. The van der Waals surface area contributed by atoms with Gasteiger partial charge in [-0.05, 0) is 31.2 Å². The lowest BCUT2D eigenvalue weighted by molar-refractivity contribution is -0.122. The van der Waals surface area contributed by atoms with Gasteiger partial charge in [0.1, 0.15) is 11.3 Å². The van der Waals surface area contributed by atoms with E-state index in [0.717, 1.165) is 27.9 Å². The molecule has 0 bridgehead atoms. The predicted molar refractivity (Wildman–Crippen MR) is 110 cm³/mol. The van der Waals surface area contributed by atoms with Crippen LogP contribution in [0.5, 0.6) is 5.75 Å². The zero-order valence-corrected chi connectivity index (χ0v) is 16.0. The number of imide groups is 2. The average molecular weight is 389 g/mol. The molecule has 0 saturated carbocycles. The van der Waals surface area contributed by atoms with Gasteiger partial charge in [0.25, 0.3) is 11.8 Å². The van der Waals surface area contributed by atoms with Crippen LogP contribution in [-0.2, 0) is 16.1 Å². The van der Waals surface area contributed by atoms with Crippen molar-refractivity contribution in [3.05, 3.63) is 65.9 Å². The van der Waals surface area contributed by atoms with Crippen LogP contribution in [0.2, 0.25) is 0 Å². The van der Waals surface area contributed by atoms with Gasteiger partial charge in [-0.3, -0.25) is 14.9 Å². The van der Waals surface area contributed by atoms with Gasteiger partial charge in [-0.25, -0.2) is 9.69 Å². The third-order valence-electron chi connectivity index (χ3n) is 4.89. The molecule has 29 heavy (non-hydrogen) atoms. The fraction of sp³-hybridized carbons (Fsp3) is 0.136. The number of nitrogens with zero attached hydrogens (tertiary/aromatic N) is 2. The predicted octanol–water partition coefficient (Wildman–Crippen LogP) is 3.34. The first-order chi connectivity index (χ1) is 14.0. The van der Waals surface area contributed by atoms with Gasteiger partial charge in [0.05, 0.1) is 12.8 Å². The number of rotatable bonds is 4. The third kappa shape index (κ3) is 3.06. The number of ether oxygens (including phenoxy) is 1. The minimum absolute atomic E-state index is 0.116. The summed E-state index contributed by atoms with van der Waals surface area (Å²) in [6.07, 6.45) is 3.42. The lowest BCUT2D eigenvalue weighted by Gasteiger charge is -2.27. The van der Waals surface area contributed by atoms with E-state index in [-0.39, 0.29) is 11.3 Å². The molecule has 1 aliphatic heterocycles. The first-order valence-electron chi connectivity index (χ1n) is 9.17. The van der Waals surface area contributed by atoms with Crippen molar-refractivity contribution in [1.82, 2.24) is 9.88 Å². The monoisotopic (exact) mass is 389 g/mol. The molecule has 4 amide bonds. The van der Waals surface area contributed by atoms with Crippen LogP contribution in [0.3, 0.4) is 0 Å². The number of urea groups is 1. The first-order valence-corrected chi connectivity index (χ1v) is 9.17. The summed E-state index contributed by atoms with van der Waals surface area (Å²) in [6, 6.07) is 13.6. The van der Waals surface area contributed by atoms with E-state index in [1.54, 1.807) is 24.3 Å². The van der Waals surface area contributed by atoms with E-state index in [1.807, 2.05) is 42.0 Å². The number of amides is 4. The summed E-state index contributed by atoms with van der Waals surface area (Å²) in [4.78, 5) is 39.0. The molecule has 2 heterocycles. The lowest BCUT2D eigenvalue weighted by Crippen LogP contribution is -2.54. The Morgan fingerprint density at radius 1 is 1.03 bits per heavy atom. The van der Waals surface area contributed by atoms with E-state index in [4.69, 9.17) is 4.74 Å². The van der Waals surface area contributed by atoms with E-state index < -0.39 is 17.8 Å². The van der Waals surface area contributed by atoms with Gasteiger partial charge in [-0.15, -0.1) is 0 Å². The second-order valence-electron chi connectivity index (χ2n) is 6.52. The van der Waals surface area contributed by atoms with Gasteiger partial charge in [0.15, 0.2) is 0 Å². The molecule has 0 aliphatic carbocycles. The summed E-state index contributed by atoms with van der Waals surface area (Å²) in [5.41, 5.74) is 1.89. The molecule has 0 radical (unpaired) electrons. The Morgan fingerprint density at radius 2 is 1.76 bits per heavy atom. The van der Waals surface area contributed by atoms with Gasteiger partial charge in [0.2, 0.25) is 0 Å². The quantitative estimate of drug-likeness (QED) is 0.548. The number of carbonyl (C=O) groups is 3. The number of aryl methyl sites for hydroxylation is 1. The number of fused-ring (bicyclic) bond motifs is 1. The van der Waals surface area contributed by atoms with E-state index in [1.165, 1.54) is 13.2 Å². The summed E-state index contributed by atoms with van der Waals surface area (Å²) in [7, 11) is 1.45. The second kappa shape index (κ2) is 7.27. The normalized spacial score (nSPS) is 15.9. The number of barbiturate groups is 1. The highest BCUT2D eigenvalue weighted by Crippen LogP contribution is 2.31.